The highest BCUT2D eigenvalue weighted by atomic mass is 16.5. The van der Waals surface area contributed by atoms with Crippen molar-refractivity contribution in [3.8, 4) is 0 Å². The van der Waals surface area contributed by atoms with Crippen molar-refractivity contribution >= 4 is 5.97 Å². The number of aromatic carboxylic acids is 1. The first-order valence-electron chi connectivity index (χ1n) is 4.36. The van der Waals surface area contributed by atoms with Crippen LogP contribution >= 0.6 is 0 Å². The average Bonchev–Trinajstić information content (AvgIpc) is 2.25. The van der Waals surface area contributed by atoms with Crippen molar-refractivity contribution in [2.24, 2.45) is 0 Å². The number of carbonyl (C=O) groups is 1. The molecule has 0 fully saturated rings. The second kappa shape index (κ2) is 6.05. The first-order valence-corrected chi connectivity index (χ1v) is 4.36. The Hall–Kier alpha value is -1.53. The molecule has 0 bridgehead atoms. The van der Waals surface area contributed by atoms with Crippen LogP contribution in [-0.4, -0.2) is 41.6 Å². The van der Waals surface area contributed by atoms with E-state index >= 15 is 0 Å². The molecule has 15 heavy (non-hydrogen) atoms. The zero-order chi connectivity index (χ0) is 11.1. The van der Waals surface area contributed by atoms with Gasteiger partial charge in [0.05, 0.1) is 25.5 Å². The van der Waals surface area contributed by atoms with Gasteiger partial charge in [0.2, 0.25) is 0 Å². The van der Waals surface area contributed by atoms with E-state index in [2.05, 4.69) is 10.2 Å². The quantitative estimate of drug-likeness (QED) is 0.684. The van der Waals surface area contributed by atoms with Gasteiger partial charge in [0.25, 0.3) is 0 Å². The van der Waals surface area contributed by atoms with E-state index in [1.165, 1.54) is 6.07 Å². The molecule has 6 heteroatoms. The topological polar surface area (TPSA) is 81.5 Å². The van der Waals surface area contributed by atoms with Gasteiger partial charge in [-0.15, -0.1) is 5.10 Å². The van der Waals surface area contributed by atoms with E-state index in [-0.39, 0.29) is 5.69 Å². The molecule has 1 rings (SSSR count). The zero-order valence-corrected chi connectivity index (χ0v) is 8.34. The lowest BCUT2D eigenvalue weighted by atomic mass is 10.3. The van der Waals surface area contributed by atoms with Gasteiger partial charge in [0.1, 0.15) is 0 Å². The number of hydrogen-bond donors (Lipinski definition) is 1. The number of aromatic nitrogens is 2. The lowest BCUT2D eigenvalue weighted by Gasteiger charge is -2.02. The molecular formula is C9H12N2O4. The normalized spacial score (nSPS) is 10.2. The van der Waals surface area contributed by atoms with Crippen molar-refractivity contribution in [3.63, 3.8) is 0 Å². The van der Waals surface area contributed by atoms with Crippen LogP contribution in [0.2, 0.25) is 0 Å². The molecule has 0 aliphatic heterocycles. The molecule has 0 radical (unpaired) electrons. The maximum Gasteiger partial charge on any atom is 0.356 e. The van der Waals surface area contributed by atoms with E-state index in [1.54, 1.807) is 13.2 Å². The zero-order valence-electron chi connectivity index (χ0n) is 8.34. The van der Waals surface area contributed by atoms with Gasteiger partial charge in [-0.2, -0.15) is 5.10 Å². The van der Waals surface area contributed by atoms with E-state index in [0.29, 0.717) is 25.5 Å². The fourth-order valence-electron chi connectivity index (χ4n) is 0.870. The van der Waals surface area contributed by atoms with Gasteiger partial charge < -0.3 is 14.6 Å². The maximum absolute atomic E-state index is 10.5. The molecule has 0 aromatic carbocycles. The summed E-state index contributed by atoms with van der Waals surface area (Å²) in [6, 6.07) is 2.97. The Morgan fingerprint density at radius 2 is 2.20 bits per heavy atom. The predicted octanol–water partition coefficient (Wildman–Crippen LogP) is 0.338. The molecule has 1 aromatic heterocycles. The molecule has 1 heterocycles. The Labute approximate surface area is 86.8 Å². The number of hydrogen-bond acceptors (Lipinski definition) is 5. The summed E-state index contributed by atoms with van der Waals surface area (Å²) in [5.41, 5.74) is 0.520. The van der Waals surface area contributed by atoms with Crippen molar-refractivity contribution in [1.82, 2.24) is 10.2 Å². The summed E-state index contributed by atoms with van der Waals surface area (Å²) in [5.74, 6) is -1.09. The van der Waals surface area contributed by atoms with Gasteiger partial charge in [0, 0.05) is 7.11 Å². The minimum atomic E-state index is -1.09. The standard InChI is InChI=1S/C9H12N2O4/c1-14-4-5-15-6-7-2-3-8(9(12)13)11-10-7/h2-3H,4-6H2,1H3,(H,12,13). The Morgan fingerprint density at radius 1 is 1.40 bits per heavy atom. The van der Waals surface area contributed by atoms with Crippen molar-refractivity contribution in [3.05, 3.63) is 23.5 Å². The molecule has 82 valence electrons. The minimum Gasteiger partial charge on any atom is -0.476 e. The highest BCUT2D eigenvalue weighted by Crippen LogP contribution is 1.98. The van der Waals surface area contributed by atoms with Crippen LogP contribution in [0.15, 0.2) is 12.1 Å². The molecule has 6 nitrogen and oxygen atoms in total. The van der Waals surface area contributed by atoms with Gasteiger partial charge in [-0.3, -0.25) is 0 Å². The predicted molar refractivity (Wildman–Crippen MR) is 50.5 cm³/mol. The molecule has 0 unspecified atom stereocenters. The summed E-state index contributed by atoms with van der Waals surface area (Å²) in [5, 5.41) is 15.8. The van der Waals surface area contributed by atoms with E-state index in [4.69, 9.17) is 14.6 Å². The van der Waals surface area contributed by atoms with Crippen LogP contribution in [-0.2, 0) is 16.1 Å². The van der Waals surface area contributed by atoms with Crippen molar-refractivity contribution in [1.29, 1.82) is 0 Å². The molecule has 0 amide bonds. The monoisotopic (exact) mass is 212 g/mol. The molecule has 0 aliphatic rings. The molecular weight excluding hydrogens is 200 g/mol. The number of ether oxygens (including phenoxy) is 2. The minimum absolute atomic E-state index is 0.0735. The summed E-state index contributed by atoms with van der Waals surface area (Å²) in [6.07, 6.45) is 0. The van der Waals surface area contributed by atoms with Gasteiger partial charge in [-0.1, -0.05) is 0 Å². The van der Waals surface area contributed by atoms with Crippen LogP contribution < -0.4 is 0 Å². The average molecular weight is 212 g/mol. The van der Waals surface area contributed by atoms with Crippen LogP contribution in [0.3, 0.4) is 0 Å². The molecule has 1 N–H and O–H groups in total. The first kappa shape index (κ1) is 11.5. The summed E-state index contributed by atoms with van der Waals surface area (Å²) < 4.78 is 9.98. The second-order valence-electron chi connectivity index (χ2n) is 2.76. The molecule has 1 aromatic rings. The molecule has 0 aliphatic carbocycles. The molecule has 0 spiro atoms. The van der Waals surface area contributed by atoms with Crippen LogP contribution in [0.25, 0.3) is 0 Å². The molecule has 0 saturated carbocycles. The Morgan fingerprint density at radius 3 is 2.73 bits per heavy atom. The Balaban J connectivity index is 2.39. The summed E-state index contributed by atoms with van der Waals surface area (Å²) in [6.45, 7) is 1.29. The van der Waals surface area contributed by atoms with E-state index in [1.807, 2.05) is 0 Å². The highest BCUT2D eigenvalue weighted by molar-refractivity contribution is 5.84. The number of carboxylic acid groups (broad SMARTS) is 1. The highest BCUT2D eigenvalue weighted by Gasteiger charge is 2.04. The van der Waals surface area contributed by atoms with Crippen molar-refractivity contribution in [2.45, 2.75) is 6.61 Å². The Bertz CT molecular complexity index is 312. The number of nitrogens with zero attached hydrogens (tertiary/aromatic N) is 2. The maximum atomic E-state index is 10.5. The van der Waals surface area contributed by atoms with E-state index in [9.17, 15) is 4.79 Å². The van der Waals surface area contributed by atoms with Crippen molar-refractivity contribution in [2.75, 3.05) is 20.3 Å². The van der Waals surface area contributed by atoms with Crippen LogP contribution in [0.5, 0.6) is 0 Å². The second-order valence-corrected chi connectivity index (χ2v) is 2.76. The smallest absolute Gasteiger partial charge is 0.356 e. The van der Waals surface area contributed by atoms with Gasteiger partial charge in [-0.25, -0.2) is 4.79 Å². The molecule has 0 atom stereocenters. The Kier molecular flexibility index (Phi) is 4.65. The molecule has 0 saturated heterocycles. The fraction of sp³-hybridized carbons (Fsp3) is 0.444. The third-order valence-corrected chi connectivity index (χ3v) is 1.62. The number of carboxylic acids is 1. The SMILES string of the molecule is COCCOCc1ccc(C(=O)O)nn1. The third-order valence-electron chi connectivity index (χ3n) is 1.62. The van der Waals surface area contributed by atoms with Crippen LogP contribution in [0.4, 0.5) is 0 Å². The lowest BCUT2D eigenvalue weighted by Crippen LogP contribution is -2.06. The van der Waals surface area contributed by atoms with E-state index < -0.39 is 5.97 Å². The summed E-state index contributed by atoms with van der Waals surface area (Å²) in [4.78, 5) is 10.5. The number of methoxy groups -OCH3 is 1. The van der Waals surface area contributed by atoms with Gasteiger partial charge in [0.15, 0.2) is 5.69 Å². The van der Waals surface area contributed by atoms with E-state index in [0.717, 1.165) is 0 Å². The largest absolute Gasteiger partial charge is 0.476 e. The lowest BCUT2D eigenvalue weighted by molar-refractivity contribution is 0.0596. The van der Waals surface area contributed by atoms with Gasteiger partial charge >= 0.3 is 5.97 Å². The van der Waals surface area contributed by atoms with Crippen LogP contribution in [0.1, 0.15) is 16.2 Å². The fourth-order valence-corrected chi connectivity index (χ4v) is 0.870. The summed E-state index contributed by atoms with van der Waals surface area (Å²) >= 11 is 0. The van der Waals surface area contributed by atoms with Crippen molar-refractivity contribution < 1.29 is 19.4 Å². The summed E-state index contributed by atoms with van der Waals surface area (Å²) in [7, 11) is 1.59. The third kappa shape index (κ3) is 4.01. The number of rotatable bonds is 6. The van der Waals surface area contributed by atoms with Crippen LogP contribution in [0, 0.1) is 0 Å². The van der Waals surface area contributed by atoms with Gasteiger partial charge in [-0.05, 0) is 12.1 Å². The first-order chi connectivity index (χ1) is 7.24.